The fraction of sp³-hybridized carbons (Fsp3) is 0. The molecule has 0 saturated heterocycles. The van der Waals surface area contributed by atoms with Crippen LogP contribution in [0.4, 0.5) is 5.69 Å². The summed E-state index contributed by atoms with van der Waals surface area (Å²) in [5, 5.41) is 11.3. The van der Waals surface area contributed by atoms with Gasteiger partial charge in [0.1, 0.15) is 22.4 Å². The molecular weight excluding hydrogens is 270 g/mol. The molecule has 0 aliphatic rings. The van der Waals surface area contributed by atoms with Crippen molar-refractivity contribution in [2.24, 2.45) is 0 Å². The van der Waals surface area contributed by atoms with Gasteiger partial charge in [0.25, 0.3) is 0 Å². The first-order valence-electron chi connectivity index (χ1n) is 5.82. The first-order chi connectivity index (χ1) is 9.79. The van der Waals surface area contributed by atoms with Gasteiger partial charge in [-0.15, -0.1) is 0 Å². The summed E-state index contributed by atoms with van der Waals surface area (Å²) in [5.41, 5.74) is 7.59. The third kappa shape index (κ3) is 2.15. The SMILES string of the molecule is N#Cc1ccnc(Sc2ncnc3ccccc23)c1N. The second-order valence-corrected chi connectivity index (χ2v) is 4.96. The molecule has 2 aromatic heterocycles. The minimum atomic E-state index is 0.377. The third-order valence-electron chi connectivity index (χ3n) is 2.77. The predicted octanol–water partition coefficient (Wildman–Crippen LogP) is 2.63. The van der Waals surface area contributed by atoms with Crippen LogP contribution in [0.25, 0.3) is 10.9 Å². The van der Waals surface area contributed by atoms with Crippen LogP contribution in [0.2, 0.25) is 0 Å². The Hall–Kier alpha value is -2.65. The maximum atomic E-state index is 8.99. The predicted molar refractivity (Wildman–Crippen MR) is 77.0 cm³/mol. The van der Waals surface area contributed by atoms with E-state index < -0.39 is 0 Å². The minimum Gasteiger partial charge on any atom is -0.395 e. The monoisotopic (exact) mass is 279 g/mol. The van der Waals surface area contributed by atoms with Gasteiger partial charge < -0.3 is 5.73 Å². The summed E-state index contributed by atoms with van der Waals surface area (Å²) in [6.45, 7) is 0. The van der Waals surface area contributed by atoms with Crippen molar-refractivity contribution < 1.29 is 0 Å². The Morgan fingerprint density at radius 2 is 1.90 bits per heavy atom. The Morgan fingerprint density at radius 1 is 1.05 bits per heavy atom. The van der Waals surface area contributed by atoms with Crippen molar-refractivity contribution in [2.45, 2.75) is 10.1 Å². The van der Waals surface area contributed by atoms with Crippen LogP contribution < -0.4 is 5.73 Å². The summed E-state index contributed by atoms with van der Waals surface area (Å²) in [5.74, 6) is 0. The Kier molecular flexibility index (Phi) is 3.19. The lowest BCUT2D eigenvalue weighted by Crippen LogP contribution is -1.96. The van der Waals surface area contributed by atoms with Gasteiger partial charge in [0, 0.05) is 11.6 Å². The highest BCUT2D eigenvalue weighted by Gasteiger charge is 2.11. The fourth-order valence-electron chi connectivity index (χ4n) is 1.79. The van der Waals surface area contributed by atoms with Crippen molar-refractivity contribution in [3.05, 3.63) is 48.4 Å². The van der Waals surface area contributed by atoms with Gasteiger partial charge in [-0.3, -0.25) is 0 Å². The van der Waals surface area contributed by atoms with Crippen LogP contribution in [0.5, 0.6) is 0 Å². The quantitative estimate of drug-likeness (QED) is 0.725. The van der Waals surface area contributed by atoms with E-state index in [-0.39, 0.29) is 0 Å². The lowest BCUT2D eigenvalue weighted by molar-refractivity contribution is 1.08. The number of nitrogen functional groups attached to an aromatic ring is 1. The molecule has 3 rings (SSSR count). The number of nitrogens with zero attached hydrogens (tertiary/aromatic N) is 4. The average Bonchev–Trinajstić information content (AvgIpc) is 2.50. The van der Waals surface area contributed by atoms with Crippen molar-refractivity contribution in [3.63, 3.8) is 0 Å². The van der Waals surface area contributed by atoms with Gasteiger partial charge in [0.05, 0.1) is 16.8 Å². The molecule has 0 radical (unpaired) electrons. The van der Waals surface area contributed by atoms with Crippen LogP contribution in [0.15, 0.2) is 52.9 Å². The highest BCUT2D eigenvalue weighted by Crippen LogP contribution is 2.33. The van der Waals surface area contributed by atoms with Crippen LogP contribution in [0, 0.1) is 11.3 Å². The van der Waals surface area contributed by atoms with E-state index in [1.54, 1.807) is 12.3 Å². The van der Waals surface area contributed by atoms with Crippen LogP contribution >= 0.6 is 11.8 Å². The summed E-state index contributed by atoms with van der Waals surface area (Å²) >= 11 is 1.33. The number of pyridine rings is 1. The topological polar surface area (TPSA) is 88.5 Å². The Labute approximate surface area is 119 Å². The molecule has 3 aromatic rings. The molecular formula is C14H9N5S. The van der Waals surface area contributed by atoms with Crippen LogP contribution in [0.3, 0.4) is 0 Å². The second kappa shape index (κ2) is 5.15. The van der Waals surface area contributed by atoms with E-state index >= 15 is 0 Å². The summed E-state index contributed by atoms with van der Waals surface area (Å²) < 4.78 is 0. The molecule has 0 aliphatic heterocycles. The first kappa shape index (κ1) is 12.4. The van der Waals surface area contributed by atoms with E-state index in [4.69, 9.17) is 11.0 Å². The number of benzene rings is 1. The Bertz CT molecular complexity index is 820. The Morgan fingerprint density at radius 3 is 2.75 bits per heavy atom. The van der Waals surface area contributed by atoms with Crippen molar-refractivity contribution in [3.8, 4) is 6.07 Å². The number of hydrogen-bond donors (Lipinski definition) is 1. The third-order valence-corrected chi connectivity index (χ3v) is 3.81. The molecule has 0 amide bonds. The molecule has 0 spiro atoms. The van der Waals surface area contributed by atoms with Gasteiger partial charge in [-0.2, -0.15) is 5.26 Å². The molecule has 0 atom stereocenters. The normalized spacial score (nSPS) is 10.3. The smallest absolute Gasteiger partial charge is 0.127 e. The number of nitriles is 1. The van der Waals surface area contributed by atoms with E-state index in [9.17, 15) is 0 Å². The van der Waals surface area contributed by atoms with Gasteiger partial charge in [0.2, 0.25) is 0 Å². The number of hydrogen-bond acceptors (Lipinski definition) is 6. The largest absolute Gasteiger partial charge is 0.395 e. The van der Waals surface area contributed by atoms with Crippen LogP contribution in [0.1, 0.15) is 5.56 Å². The van der Waals surface area contributed by atoms with Gasteiger partial charge >= 0.3 is 0 Å². The molecule has 0 saturated carbocycles. The zero-order valence-electron chi connectivity index (χ0n) is 10.3. The van der Waals surface area contributed by atoms with E-state index in [2.05, 4.69) is 15.0 Å². The van der Waals surface area contributed by atoms with Crippen molar-refractivity contribution in [2.75, 3.05) is 5.73 Å². The molecule has 5 nitrogen and oxygen atoms in total. The number of fused-ring (bicyclic) bond motifs is 1. The van der Waals surface area contributed by atoms with Crippen molar-refractivity contribution in [1.29, 1.82) is 5.26 Å². The summed E-state index contributed by atoms with van der Waals surface area (Å²) in [6.07, 6.45) is 3.08. The zero-order chi connectivity index (χ0) is 13.9. The zero-order valence-corrected chi connectivity index (χ0v) is 11.1. The summed E-state index contributed by atoms with van der Waals surface area (Å²) in [6, 6.07) is 11.4. The molecule has 0 bridgehead atoms. The Balaban J connectivity index is 2.09. The van der Waals surface area contributed by atoms with Gasteiger partial charge in [-0.05, 0) is 23.9 Å². The number of nitrogens with two attached hydrogens (primary N) is 1. The van der Waals surface area contributed by atoms with Crippen LogP contribution in [-0.2, 0) is 0 Å². The highest BCUT2D eigenvalue weighted by atomic mass is 32.2. The van der Waals surface area contributed by atoms with E-state index in [0.717, 1.165) is 15.9 Å². The number of anilines is 1. The standard InChI is InChI=1S/C14H9N5S/c15-7-9-5-6-17-14(12(9)16)20-13-10-3-1-2-4-11(10)18-8-19-13/h1-6,8H,16H2. The molecule has 2 heterocycles. The summed E-state index contributed by atoms with van der Waals surface area (Å²) in [7, 11) is 0. The maximum Gasteiger partial charge on any atom is 0.127 e. The first-order valence-corrected chi connectivity index (χ1v) is 6.63. The molecule has 0 aliphatic carbocycles. The number of rotatable bonds is 2. The van der Waals surface area contributed by atoms with Gasteiger partial charge in [-0.25, -0.2) is 15.0 Å². The molecule has 6 heteroatoms. The van der Waals surface area contributed by atoms with Crippen molar-refractivity contribution in [1.82, 2.24) is 15.0 Å². The lowest BCUT2D eigenvalue weighted by atomic mass is 10.2. The molecule has 20 heavy (non-hydrogen) atoms. The lowest BCUT2D eigenvalue weighted by Gasteiger charge is -2.06. The van der Waals surface area contributed by atoms with E-state index in [0.29, 0.717) is 16.3 Å². The molecule has 96 valence electrons. The second-order valence-electron chi connectivity index (χ2n) is 3.99. The minimum absolute atomic E-state index is 0.377. The number of aromatic nitrogens is 3. The van der Waals surface area contributed by atoms with E-state index in [1.165, 1.54) is 18.1 Å². The molecule has 1 aromatic carbocycles. The van der Waals surface area contributed by atoms with Gasteiger partial charge in [-0.1, -0.05) is 18.2 Å². The fourth-order valence-corrected chi connectivity index (χ4v) is 2.68. The van der Waals surface area contributed by atoms with Gasteiger partial charge in [0.15, 0.2) is 0 Å². The highest BCUT2D eigenvalue weighted by molar-refractivity contribution is 7.99. The average molecular weight is 279 g/mol. The maximum absolute atomic E-state index is 8.99. The molecule has 0 fully saturated rings. The summed E-state index contributed by atoms with van der Waals surface area (Å²) in [4.78, 5) is 12.7. The van der Waals surface area contributed by atoms with Crippen molar-refractivity contribution >= 4 is 28.4 Å². The number of para-hydroxylation sites is 1. The van der Waals surface area contributed by atoms with Crippen LogP contribution in [-0.4, -0.2) is 15.0 Å². The van der Waals surface area contributed by atoms with E-state index in [1.807, 2.05) is 30.3 Å². The molecule has 0 unspecified atom stereocenters. The molecule has 2 N–H and O–H groups in total.